The van der Waals surface area contributed by atoms with Crippen molar-refractivity contribution in [1.82, 2.24) is 4.90 Å². The van der Waals surface area contributed by atoms with Crippen molar-refractivity contribution in [3.8, 4) is 11.8 Å². The predicted octanol–water partition coefficient (Wildman–Crippen LogP) is 1.41. The van der Waals surface area contributed by atoms with Gasteiger partial charge in [-0.1, -0.05) is 24.1 Å². The highest BCUT2D eigenvalue weighted by Gasteiger charge is 2.30. The lowest BCUT2D eigenvalue weighted by Crippen LogP contribution is -2.48. The van der Waals surface area contributed by atoms with Crippen LogP contribution in [0.4, 0.5) is 0 Å². The molecule has 1 aromatic rings. The predicted molar refractivity (Wildman–Crippen MR) is 69.8 cm³/mol. The third kappa shape index (κ3) is 3.35. The molecular formula is C15H17NO2. The lowest BCUT2D eigenvalue weighted by molar-refractivity contribution is -0.131. The van der Waals surface area contributed by atoms with Crippen LogP contribution in [-0.4, -0.2) is 34.6 Å². The number of piperidine rings is 1. The van der Waals surface area contributed by atoms with E-state index in [4.69, 9.17) is 0 Å². The lowest BCUT2D eigenvalue weighted by Gasteiger charge is -2.35. The van der Waals surface area contributed by atoms with Crippen LogP contribution in [0.3, 0.4) is 0 Å². The van der Waals surface area contributed by atoms with E-state index in [2.05, 4.69) is 11.8 Å². The molecule has 1 saturated heterocycles. The molecule has 1 unspecified atom stereocenters. The smallest absolute Gasteiger partial charge is 0.298 e. The van der Waals surface area contributed by atoms with E-state index in [1.165, 1.54) is 0 Å². The molecule has 0 aromatic heterocycles. The summed E-state index contributed by atoms with van der Waals surface area (Å²) in [5.41, 5.74) is 0.0529. The molecule has 1 fully saturated rings. The molecule has 1 amide bonds. The first-order valence-corrected chi connectivity index (χ1v) is 6.15. The van der Waals surface area contributed by atoms with E-state index in [1.807, 2.05) is 30.3 Å². The number of likely N-dealkylation sites (tertiary alicyclic amines) is 1. The van der Waals surface area contributed by atoms with Crippen LogP contribution < -0.4 is 0 Å². The standard InChI is InChI=1S/C15H17NO2/c1-15(18)10-5-11-16(12-15)14(17)9-8-13-6-3-2-4-7-13/h2-4,6-7,18H,5,10-12H2,1H3. The molecule has 1 heterocycles. The van der Waals surface area contributed by atoms with Crippen molar-refractivity contribution in [1.29, 1.82) is 0 Å². The number of nitrogens with zero attached hydrogens (tertiary/aromatic N) is 1. The van der Waals surface area contributed by atoms with Gasteiger partial charge in [0, 0.05) is 18.0 Å². The van der Waals surface area contributed by atoms with Gasteiger partial charge in [0.05, 0.1) is 12.1 Å². The summed E-state index contributed by atoms with van der Waals surface area (Å²) >= 11 is 0. The maximum atomic E-state index is 11.9. The Bertz CT molecular complexity index is 482. The Hall–Kier alpha value is -1.79. The zero-order valence-electron chi connectivity index (χ0n) is 10.5. The maximum Gasteiger partial charge on any atom is 0.298 e. The fourth-order valence-electron chi connectivity index (χ4n) is 2.12. The minimum Gasteiger partial charge on any atom is -0.388 e. The van der Waals surface area contributed by atoms with E-state index in [1.54, 1.807) is 11.8 Å². The number of carbonyl (C=O) groups excluding carboxylic acids is 1. The van der Waals surface area contributed by atoms with Gasteiger partial charge in [-0.3, -0.25) is 4.79 Å². The second kappa shape index (κ2) is 5.24. The van der Waals surface area contributed by atoms with Crippen LogP contribution >= 0.6 is 0 Å². The van der Waals surface area contributed by atoms with Crippen molar-refractivity contribution >= 4 is 5.91 Å². The molecule has 1 atom stereocenters. The first-order chi connectivity index (χ1) is 8.57. The van der Waals surface area contributed by atoms with Gasteiger partial charge in [0.1, 0.15) is 0 Å². The summed E-state index contributed by atoms with van der Waals surface area (Å²) in [6, 6.07) is 9.43. The molecular weight excluding hydrogens is 226 g/mol. The van der Waals surface area contributed by atoms with Crippen LogP contribution in [-0.2, 0) is 4.79 Å². The molecule has 2 rings (SSSR count). The second-order valence-corrected chi connectivity index (χ2v) is 4.94. The highest BCUT2D eigenvalue weighted by atomic mass is 16.3. The van der Waals surface area contributed by atoms with Crippen LogP contribution in [0.1, 0.15) is 25.3 Å². The Kier molecular flexibility index (Phi) is 3.69. The topological polar surface area (TPSA) is 40.5 Å². The number of rotatable bonds is 0. The SMILES string of the molecule is CC1(O)CCCN(C(=O)C#Cc2ccccc2)C1. The molecule has 3 nitrogen and oxygen atoms in total. The zero-order valence-corrected chi connectivity index (χ0v) is 10.5. The van der Waals surface area contributed by atoms with Crippen molar-refractivity contribution < 1.29 is 9.90 Å². The Morgan fingerprint density at radius 1 is 1.39 bits per heavy atom. The van der Waals surface area contributed by atoms with Crippen molar-refractivity contribution in [3.63, 3.8) is 0 Å². The number of hydrogen-bond donors (Lipinski definition) is 1. The first-order valence-electron chi connectivity index (χ1n) is 6.15. The minimum absolute atomic E-state index is 0.209. The van der Waals surface area contributed by atoms with Gasteiger partial charge in [0.15, 0.2) is 0 Å². The lowest BCUT2D eigenvalue weighted by atomic mass is 9.95. The van der Waals surface area contributed by atoms with E-state index >= 15 is 0 Å². The minimum atomic E-state index is -0.775. The molecule has 0 aliphatic carbocycles. The fraction of sp³-hybridized carbons (Fsp3) is 0.400. The molecule has 1 aliphatic rings. The van der Waals surface area contributed by atoms with Crippen LogP contribution in [0.2, 0.25) is 0 Å². The number of aliphatic hydroxyl groups is 1. The molecule has 1 N–H and O–H groups in total. The summed E-state index contributed by atoms with van der Waals surface area (Å²) in [5, 5.41) is 9.94. The second-order valence-electron chi connectivity index (χ2n) is 4.94. The van der Waals surface area contributed by atoms with Gasteiger partial charge in [0.2, 0.25) is 0 Å². The highest BCUT2D eigenvalue weighted by Crippen LogP contribution is 2.19. The molecule has 0 radical (unpaired) electrons. The monoisotopic (exact) mass is 243 g/mol. The van der Waals surface area contributed by atoms with Gasteiger partial charge in [-0.05, 0) is 31.9 Å². The largest absolute Gasteiger partial charge is 0.388 e. The van der Waals surface area contributed by atoms with Crippen molar-refractivity contribution in [2.75, 3.05) is 13.1 Å². The number of benzene rings is 1. The van der Waals surface area contributed by atoms with Gasteiger partial charge in [-0.25, -0.2) is 0 Å². The van der Waals surface area contributed by atoms with Crippen LogP contribution in [0.15, 0.2) is 30.3 Å². The summed E-state index contributed by atoms with van der Waals surface area (Å²) in [4.78, 5) is 13.5. The number of hydrogen-bond acceptors (Lipinski definition) is 2. The van der Waals surface area contributed by atoms with Crippen LogP contribution in [0.5, 0.6) is 0 Å². The molecule has 1 aliphatic heterocycles. The van der Waals surface area contributed by atoms with E-state index < -0.39 is 5.60 Å². The van der Waals surface area contributed by atoms with Crippen molar-refractivity contribution in [3.05, 3.63) is 35.9 Å². The number of amides is 1. The molecule has 0 saturated carbocycles. The molecule has 0 spiro atoms. The number of carbonyl (C=O) groups is 1. The summed E-state index contributed by atoms with van der Waals surface area (Å²) < 4.78 is 0. The van der Waals surface area contributed by atoms with E-state index in [-0.39, 0.29) is 5.91 Å². The molecule has 1 aromatic carbocycles. The normalized spacial score (nSPS) is 23.1. The van der Waals surface area contributed by atoms with Crippen molar-refractivity contribution in [2.24, 2.45) is 0 Å². The summed E-state index contributed by atoms with van der Waals surface area (Å²) in [6.45, 7) is 2.81. The fourth-order valence-corrected chi connectivity index (χ4v) is 2.12. The number of β-amino-alcohol motifs (C(OH)–C–C–N with tert-alkyl or cyclic N) is 1. The van der Waals surface area contributed by atoms with Crippen LogP contribution in [0, 0.1) is 11.8 Å². The van der Waals surface area contributed by atoms with E-state index in [0.717, 1.165) is 18.4 Å². The third-order valence-electron chi connectivity index (χ3n) is 3.05. The van der Waals surface area contributed by atoms with E-state index in [9.17, 15) is 9.90 Å². The average molecular weight is 243 g/mol. The molecule has 3 heteroatoms. The Labute approximate surface area is 107 Å². The maximum absolute atomic E-state index is 11.9. The van der Waals surface area contributed by atoms with Crippen LogP contribution in [0.25, 0.3) is 0 Å². The Morgan fingerprint density at radius 3 is 2.78 bits per heavy atom. The Balaban J connectivity index is 2.03. The Morgan fingerprint density at radius 2 is 2.11 bits per heavy atom. The molecule has 0 bridgehead atoms. The quantitative estimate of drug-likeness (QED) is 0.700. The van der Waals surface area contributed by atoms with Gasteiger partial charge in [0.25, 0.3) is 5.91 Å². The van der Waals surface area contributed by atoms with Gasteiger partial charge >= 0.3 is 0 Å². The van der Waals surface area contributed by atoms with Crippen molar-refractivity contribution in [2.45, 2.75) is 25.4 Å². The molecule has 18 heavy (non-hydrogen) atoms. The van der Waals surface area contributed by atoms with Gasteiger partial charge < -0.3 is 10.0 Å². The summed E-state index contributed by atoms with van der Waals surface area (Å²) in [6.07, 6.45) is 1.56. The van der Waals surface area contributed by atoms with Gasteiger partial charge in [-0.2, -0.15) is 0 Å². The average Bonchev–Trinajstić information content (AvgIpc) is 2.36. The molecule has 94 valence electrons. The summed E-state index contributed by atoms with van der Waals surface area (Å²) in [5.74, 6) is 5.27. The highest BCUT2D eigenvalue weighted by molar-refractivity contribution is 5.94. The van der Waals surface area contributed by atoms with Gasteiger partial charge in [-0.15, -0.1) is 0 Å². The third-order valence-corrected chi connectivity index (χ3v) is 3.05. The zero-order chi connectivity index (χ0) is 13.0. The van der Waals surface area contributed by atoms with E-state index in [0.29, 0.717) is 13.1 Å². The summed E-state index contributed by atoms with van der Waals surface area (Å²) in [7, 11) is 0. The first kappa shape index (κ1) is 12.7.